The molecule has 0 radical (unpaired) electrons. The maximum absolute atomic E-state index is 13.4. The number of benzene rings is 2. The number of phenols is 1. The lowest BCUT2D eigenvalue weighted by atomic mass is 10.0. The van der Waals surface area contributed by atoms with E-state index in [-0.39, 0.29) is 17.6 Å². The Hall–Kier alpha value is -1.55. The molecular formula is C16H17BrFNO. The zero-order valence-corrected chi connectivity index (χ0v) is 13.0. The van der Waals surface area contributed by atoms with E-state index in [2.05, 4.69) is 21.2 Å². The van der Waals surface area contributed by atoms with E-state index in [0.29, 0.717) is 5.69 Å². The normalized spacial score (nSPS) is 12.2. The molecule has 0 heterocycles. The average molecular weight is 338 g/mol. The molecule has 2 rings (SSSR count). The molecule has 1 atom stereocenters. The Morgan fingerprint density at radius 3 is 2.65 bits per heavy atom. The van der Waals surface area contributed by atoms with Crippen LogP contribution >= 0.6 is 15.9 Å². The first-order valence-electron chi connectivity index (χ1n) is 6.51. The highest BCUT2D eigenvalue weighted by Gasteiger charge is 2.14. The SMILES string of the molecule is CCC(Nc1cc(C)cc(F)c1)c1cc(Br)ccc1O. The molecule has 0 saturated carbocycles. The minimum Gasteiger partial charge on any atom is -0.508 e. The van der Waals surface area contributed by atoms with Gasteiger partial charge in [-0.2, -0.15) is 0 Å². The van der Waals surface area contributed by atoms with Crippen molar-refractivity contribution in [3.8, 4) is 5.75 Å². The van der Waals surface area contributed by atoms with Crippen LogP contribution in [0, 0.1) is 12.7 Å². The van der Waals surface area contributed by atoms with Gasteiger partial charge in [-0.05, 0) is 55.3 Å². The van der Waals surface area contributed by atoms with Crippen molar-refractivity contribution in [2.45, 2.75) is 26.3 Å². The monoisotopic (exact) mass is 337 g/mol. The third kappa shape index (κ3) is 3.51. The molecule has 0 fully saturated rings. The van der Waals surface area contributed by atoms with Crippen LogP contribution in [-0.4, -0.2) is 5.11 Å². The number of anilines is 1. The van der Waals surface area contributed by atoms with E-state index >= 15 is 0 Å². The maximum atomic E-state index is 13.4. The zero-order valence-electron chi connectivity index (χ0n) is 11.5. The van der Waals surface area contributed by atoms with E-state index in [1.807, 2.05) is 26.0 Å². The van der Waals surface area contributed by atoms with Gasteiger partial charge in [0.15, 0.2) is 0 Å². The summed E-state index contributed by atoms with van der Waals surface area (Å²) < 4.78 is 14.3. The standard InChI is InChI=1S/C16H17BrFNO/c1-3-15(14-8-11(17)4-5-16(14)20)19-13-7-10(2)6-12(18)9-13/h4-9,15,19-20H,3H2,1-2H3. The van der Waals surface area contributed by atoms with Gasteiger partial charge >= 0.3 is 0 Å². The summed E-state index contributed by atoms with van der Waals surface area (Å²) in [5.41, 5.74) is 2.37. The number of halogens is 2. The molecule has 0 aromatic heterocycles. The highest BCUT2D eigenvalue weighted by Crippen LogP contribution is 2.32. The van der Waals surface area contributed by atoms with Crippen LogP contribution in [0.4, 0.5) is 10.1 Å². The quantitative estimate of drug-likeness (QED) is 0.806. The number of hydrogen-bond donors (Lipinski definition) is 2. The fourth-order valence-electron chi connectivity index (χ4n) is 2.23. The number of phenolic OH excluding ortho intramolecular Hbond substituents is 1. The van der Waals surface area contributed by atoms with E-state index in [0.717, 1.165) is 22.0 Å². The third-order valence-corrected chi connectivity index (χ3v) is 3.65. The molecule has 2 aromatic rings. The van der Waals surface area contributed by atoms with Gasteiger partial charge in [0.2, 0.25) is 0 Å². The molecule has 1 unspecified atom stereocenters. The van der Waals surface area contributed by atoms with Crippen LogP contribution < -0.4 is 5.32 Å². The van der Waals surface area contributed by atoms with Crippen molar-refractivity contribution >= 4 is 21.6 Å². The summed E-state index contributed by atoms with van der Waals surface area (Å²) in [5.74, 6) is -0.0264. The van der Waals surface area contributed by atoms with Crippen molar-refractivity contribution in [2.24, 2.45) is 0 Å². The van der Waals surface area contributed by atoms with Crippen molar-refractivity contribution in [1.82, 2.24) is 0 Å². The van der Waals surface area contributed by atoms with Gasteiger partial charge in [0.25, 0.3) is 0 Å². The third-order valence-electron chi connectivity index (χ3n) is 3.16. The summed E-state index contributed by atoms with van der Waals surface area (Å²) in [5, 5.41) is 13.3. The number of aryl methyl sites for hydroxylation is 1. The van der Waals surface area contributed by atoms with Gasteiger partial charge in [-0.1, -0.05) is 22.9 Å². The highest BCUT2D eigenvalue weighted by atomic mass is 79.9. The average Bonchev–Trinajstić information content (AvgIpc) is 2.38. The fraction of sp³-hybridized carbons (Fsp3) is 0.250. The summed E-state index contributed by atoms with van der Waals surface area (Å²) >= 11 is 3.40. The molecule has 0 aliphatic rings. The Labute approximate surface area is 126 Å². The van der Waals surface area contributed by atoms with E-state index in [1.54, 1.807) is 12.1 Å². The molecule has 0 saturated heterocycles. The molecule has 2 N–H and O–H groups in total. The maximum Gasteiger partial charge on any atom is 0.125 e. The summed E-state index contributed by atoms with van der Waals surface area (Å²) in [6, 6.07) is 10.1. The van der Waals surface area contributed by atoms with Gasteiger partial charge in [0.05, 0.1) is 6.04 Å². The van der Waals surface area contributed by atoms with Gasteiger partial charge in [-0.25, -0.2) is 4.39 Å². The second-order valence-electron chi connectivity index (χ2n) is 4.83. The van der Waals surface area contributed by atoms with Gasteiger partial charge in [0, 0.05) is 15.7 Å². The van der Waals surface area contributed by atoms with Crippen LogP contribution in [0.3, 0.4) is 0 Å². The van der Waals surface area contributed by atoms with Crippen molar-refractivity contribution in [2.75, 3.05) is 5.32 Å². The second-order valence-corrected chi connectivity index (χ2v) is 5.74. The Morgan fingerprint density at radius 1 is 1.25 bits per heavy atom. The minimum atomic E-state index is -0.263. The predicted octanol–water partition coefficient (Wildman–Crippen LogP) is 5.17. The summed E-state index contributed by atoms with van der Waals surface area (Å²) in [7, 11) is 0. The Kier molecular flexibility index (Phi) is 4.65. The summed E-state index contributed by atoms with van der Waals surface area (Å²) in [6.45, 7) is 3.87. The number of aromatic hydroxyl groups is 1. The predicted molar refractivity (Wildman–Crippen MR) is 83.6 cm³/mol. The number of rotatable bonds is 4. The molecule has 2 nitrogen and oxygen atoms in total. The van der Waals surface area contributed by atoms with Crippen LogP contribution in [0.25, 0.3) is 0 Å². The molecule has 0 spiro atoms. The first-order valence-corrected chi connectivity index (χ1v) is 7.31. The lowest BCUT2D eigenvalue weighted by molar-refractivity contribution is 0.462. The molecule has 4 heteroatoms. The molecule has 0 bridgehead atoms. The van der Waals surface area contributed by atoms with Crippen molar-refractivity contribution in [1.29, 1.82) is 0 Å². The largest absolute Gasteiger partial charge is 0.508 e. The topological polar surface area (TPSA) is 32.3 Å². The molecule has 0 aliphatic heterocycles. The lowest BCUT2D eigenvalue weighted by Crippen LogP contribution is -2.10. The zero-order chi connectivity index (χ0) is 14.7. The van der Waals surface area contributed by atoms with Crippen LogP contribution in [0.2, 0.25) is 0 Å². The van der Waals surface area contributed by atoms with Crippen LogP contribution in [-0.2, 0) is 0 Å². The molecule has 106 valence electrons. The fourth-order valence-corrected chi connectivity index (χ4v) is 2.60. The molecule has 20 heavy (non-hydrogen) atoms. The van der Waals surface area contributed by atoms with E-state index < -0.39 is 0 Å². The minimum absolute atomic E-state index is 0.0753. The number of nitrogens with one attached hydrogen (secondary N) is 1. The summed E-state index contributed by atoms with van der Waals surface area (Å²) in [6.07, 6.45) is 0.777. The molecule has 2 aromatic carbocycles. The van der Waals surface area contributed by atoms with Gasteiger partial charge in [-0.3, -0.25) is 0 Å². The Morgan fingerprint density at radius 2 is 2.00 bits per heavy atom. The Balaban J connectivity index is 2.31. The first-order chi connectivity index (χ1) is 9.49. The number of hydrogen-bond acceptors (Lipinski definition) is 2. The van der Waals surface area contributed by atoms with Gasteiger partial charge in [-0.15, -0.1) is 0 Å². The van der Waals surface area contributed by atoms with Crippen LogP contribution in [0.1, 0.15) is 30.5 Å². The Bertz CT molecular complexity index is 595. The summed E-state index contributed by atoms with van der Waals surface area (Å²) in [4.78, 5) is 0. The highest BCUT2D eigenvalue weighted by molar-refractivity contribution is 9.10. The van der Waals surface area contributed by atoms with E-state index in [1.165, 1.54) is 12.1 Å². The van der Waals surface area contributed by atoms with Crippen LogP contribution in [0.5, 0.6) is 5.75 Å². The molecule has 0 aliphatic carbocycles. The van der Waals surface area contributed by atoms with Gasteiger partial charge < -0.3 is 10.4 Å². The van der Waals surface area contributed by atoms with Crippen LogP contribution in [0.15, 0.2) is 40.9 Å². The first kappa shape index (κ1) is 14.9. The smallest absolute Gasteiger partial charge is 0.125 e. The van der Waals surface area contributed by atoms with E-state index in [9.17, 15) is 9.50 Å². The van der Waals surface area contributed by atoms with Crippen molar-refractivity contribution in [3.63, 3.8) is 0 Å². The molecule has 0 amide bonds. The van der Waals surface area contributed by atoms with E-state index in [4.69, 9.17) is 0 Å². The van der Waals surface area contributed by atoms with Crippen molar-refractivity contribution in [3.05, 3.63) is 57.8 Å². The molecular weight excluding hydrogens is 321 g/mol. The lowest BCUT2D eigenvalue weighted by Gasteiger charge is -2.20. The second kappa shape index (κ2) is 6.27. The van der Waals surface area contributed by atoms with Crippen molar-refractivity contribution < 1.29 is 9.50 Å². The van der Waals surface area contributed by atoms with Gasteiger partial charge in [0.1, 0.15) is 11.6 Å².